The van der Waals surface area contributed by atoms with Gasteiger partial charge in [0.25, 0.3) is 5.91 Å². The van der Waals surface area contributed by atoms with Crippen molar-refractivity contribution < 1.29 is 4.79 Å². The summed E-state index contributed by atoms with van der Waals surface area (Å²) in [7, 11) is 0. The number of nitrogens with zero attached hydrogens (tertiary/aromatic N) is 1. The van der Waals surface area contributed by atoms with Crippen LogP contribution in [0.5, 0.6) is 0 Å². The zero-order valence-electron chi connectivity index (χ0n) is 9.36. The van der Waals surface area contributed by atoms with Crippen LogP contribution in [0.15, 0.2) is 18.3 Å². The molecule has 0 aliphatic rings. The third-order valence-electron chi connectivity index (χ3n) is 2.52. The standard InChI is InChI=1S/C11H19N3O/c1-3-9(8-12)13-11(15)10-6-5-7-14(10)4-2/h5-7,9H,3-4,8,12H2,1-2H3,(H,13,15). The fourth-order valence-electron chi connectivity index (χ4n) is 1.48. The van der Waals surface area contributed by atoms with Crippen LogP contribution in [-0.4, -0.2) is 23.1 Å². The molecule has 1 heterocycles. The van der Waals surface area contributed by atoms with Gasteiger partial charge >= 0.3 is 0 Å². The summed E-state index contributed by atoms with van der Waals surface area (Å²) in [5.74, 6) is -0.0425. The molecule has 0 saturated heterocycles. The van der Waals surface area contributed by atoms with Crippen molar-refractivity contribution in [2.75, 3.05) is 6.54 Å². The van der Waals surface area contributed by atoms with Crippen LogP contribution >= 0.6 is 0 Å². The topological polar surface area (TPSA) is 60.0 Å². The van der Waals surface area contributed by atoms with E-state index in [9.17, 15) is 4.79 Å². The van der Waals surface area contributed by atoms with Crippen LogP contribution in [0.1, 0.15) is 30.8 Å². The molecule has 0 spiro atoms. The second-order valence-corrected chi connectivity index (χ2v) is 3.49. The maximum Gasteiger partial charge on any atom is 0.268 e. The summed E-state index contributed by atoms with van der Waals surface area (Å²) in [6.07, 6.45) is 2.76. The van der Waals surface area contributed by atoms with Crippen molar-refractivity contribution in [3.63, 3.8) is 0 Å². The van der Waals surface area contributed by atoms with Crippen molar-refractivity contribution in [2.24, 2.45) is 5.73 Å². The first-order valence-corrected chi connectivity index (χ1v) is 5.39. The van der Waals surface area contributed by atoms with Crippen molar-refractivity contribution in [2.45, 2.75) is 32.9 Å². The van der Waals surface area contributed by atoms with Crippen LogP contribution in [-0.2, 0) is 6.54 Å². The van der Waals surface area contributed by atoms with E-state index in [2.05, 4.69) is 5.32 Å². The first-order valence-electron chi connectivity index (χ1n) is 5.39. The largest absolute Gasteiger partial charge is 0.347 e. The van der Waals surface area contributed by atoms with Crippen LogP contribution in [0.25, 0.3) is 0 Å². The Labute approximate surface area is 90.5 Å². The highest BCUT2D eigenvalue weighted by Crippen LogP contribution is 2.02. The summed E-state index contributed by atoms with van der Waals surface area (Å²) < 4.78 is 1.92. The Hall–Kier alpha value is -1.29. The Bertz CT molecular complexity index is 315. The molecule has 4 heteroatoms. The number of hydrogen-bond acceptors (Lipinski definition) is 2. The molecule has 3 N–H and O–H groups in total. The Kier molecular flexibility index (Phi) is 4.37. The zero-order valence-corrected chi connectivity index (χ0v) is 9.36. The van der Waals surface area contributed by atoms with Crippen LogP contribution in [0, 0.1) is 0 Å². The molecule has 1 amide bonds. The maximum absolute atomic E-state index is 11.8. The number of carbonyl (C=O) groups excluding carboxylic acids is 1. The molecule has 1 aromatic rings. The highest BCUT2D eigenvalue weighted by molar-refractivity contribution is 5.92. The highest BCUT2D eigenvalue weighted by Gasteiger charge is 2.13. The number of rotatable bonds is 5. The van der Waals surface area contributed by atoms with Gasteiger partial charge in [0.1, 0.15) is 5.69 Å². The van der Waals surface area contributed by atoms with Gasteiger partial charge in [-0.15, -0.1) is 0 Å². The van der Waals surface area contributed by atoms with Crippen molar-refractivity contribution in [3.05, 3.63) is 24.0 Å². The first-order chi connectivity index (χ1) is 7.22. The van der Waals surface area contributed by atoms with Gasteiger partial charge in [-0.25, -0.2) is 0 Å². The Balaban J connectivity index is 2.68. The predicted octanol–water partition coefficient (Wildman–Crippen LogP) is 0.975. The van der Waals surface area contributed by atoms with E-state index in [-0.39, 0.29) is 11.9 Å². The van der Waals surface area contributed by atoms with Crippen molar-refractivity contribution in [1.82, 2.24) is 9.88 Å². The van der Waals surface area contributed by atoms with Gasteiger partial charge in [0.15, 0.2) is 0 Å². The number of nitrogens with two attached hydrogens (primary N) is 1. The summed E-state index contributed by atoms with van der Waals surface area (Å²) in [5, 5.41) is 2.91. The minimum atomic E-state index is -0.0425. The van der Waals surface area contributed by atoms with Crippen LogP contribution in [0.3, 0.4) is 0 Å². The molecule has 0 fully saturated rings. The first kappa shape index (κ1) is 11.8. The lowest BCUT2D eigenvalue weighted by molar-refractivity contribution is 0.0928. The van der Waals surface area contributed by atoms with E-state index in [1.54, 1.807) is 0 Å². The monoisotopic (exact) mass is 209 g/mol. The van der Waals surface area contributed by atoms with Crippen molar-refractivity contribution >= 4 is 5.91 Å². The zero-order chi connectivity index (χ0) is 11.3. The Morgan fingerprint density at radius 2 is 2.33 bits per heavy atom. The molecule has 0 aliphatic carbocycles. The van der Waals surface area contributed by atoms with E-state index in [0.29, 0.717) is 12.2 Å². The van der Waals surface area contributed by atoms with Gasteiger partial charge in [-0.2, -0.15) is 0 Å². The number of carbonyl (C=O) groups is 1. The Morgan fingerprint density at radius 3 is 2.87 bits per heavy atom. The van der Waals surface area contributed by atoms with E-state index in [1.165, 1.54) is 0 Å². The van der Waals surface area contributed by atoms with E-state index >= 15 is 0 Å². The van der Waals surface area contributed by atoms with Gasteiger partial charge in [-0.3, -0.25) is 4.79 Å². The minimum absolute atomic E-state index is 0.0425. The second-order valence-electron chi connectivity index (χ2n) is 3.49. The average molecular weight is 209 g/mol. The third kappa shape index (κ3) is 2.83. The average Bonchev–Trinajstić information content (AvgIpc) is 2.73. The fourth-order valence-corrected chi connectivity index (χ4v) is 1.48. The molecule has 1 unspecified atom stereocenters. The molecule has 0 bridgehead atoms. The Morgan fingerprint density at radius 1 is 1.60 bits per heavy atom. The fraction of sp³-hybridized carbons (Fsp3) is 0.545. The lowest BCUT2D eigenvalue weighted by Crippen LogP contribution is -2.40. The highest BCUT2D eigenvalue weighted by atomic mass is 16.2. The van der Waals surface area contributed by atoms with E-state index in [0.717, 1.165) is 13.0 Å². The third-order valence-corrected chi connectivity index (χ3v) is 2.52. The van der Waals surface area contributed by atoms with Crippen LogP contribution in [0.4, 0.5) is 0 Å². The molecule has 1 aromatic heterocycles. The molecule has 1 rings (SSSR count). The van der Waals surface area contributed by atoms with Gasteiger partial charge in [0.2, 0.25) is 0 Å². The molecule has 84 valence electrons. The molecule has 0 radical (unpaired) electrons. The lowest BCUT2D eigenvalue weighted by atomic mass is 10.2. The van der Waals surface area contributed by atoms with Gasteiger partial charge in [-0.05, 0) is 25.5 Å². The van der Waals surface area contributed by atoms with Crippen LogP contribution < -0.4 is 11.1 Å². The van der Waals surface area contributed by atoms with Gasteiger partial charge < -0.3 is 15.6 Å². The number of nitrogens with one attached hydrogen (secondary N) is 1. The summed E-state index contributed by atoms with van der Waals surface area (Å²) in [6.45, 7) is 5.30. The van der Waals surface area contributed by atoms with E-state index < -0.39 is 0 Å². The predicted molar refractivity (Wildman–Crippen MR) is 60.7 cm³/mol. The molecule has 0 aliphatic heterocycles. The SMILES string of the molecule is CCC(CN)NC(=O)c1cccn1CC. The quantitative estimate of drug-likeness (QED) is 0.759. The van der Waals surface area contributed by atoms with Gasteiger partial charge in [-0.1, -0.05) is 6.92 Å². The maximum atomic E-state index is 11.8. The second kappa shape index (κ2) is 5.56. The molecule has 0 saturated carbocycles. The van der Waals surface area contributed by atoms with Gasteiger partial charge in [0.05, 0.1) is 0 Å². The molecule has 0 aromatic carbocycles. The molecular weight excluding hydrogens is 190 g/mol. The summed E-state index contributed by atoms with van der Waals surface area (Å²) in [5.41, 5.74) is 6.23. The molecule has 15 heavy (non-hydrogen) atoms. The van der Waals surface area contributed by atoms with Crippen molar-refractivity contribution in [1.29, 1.82) is 0 Å². The number of aryl methyl sites for hydroxylation is 1. The smallest absolute Gasteiger partial charge is 0.268 e. The van der Waals surface area contributed by atoms with Crippen molar-refractivity contribution in [3.8, 4) is 0 Å². The summed E-state index contributed by atoms with van der Waals surface area (Å²) in [4.78, 5) is 11.8. The molecule has 1 atom stereocenters. The summed E-state index contributed by atoms with van der Waals surface area (Å²) in [6, 6.07) is 3.77. The number of amides is 1. The van der Waals surface area contributed by atoms with E-state index in [4.69, 9.17) is 5.73 Å². The summed E-state index contributed by atoms with van der Waals surface area (Å²) >= 11 is 0. The minimum Gasteiger partial charge on any atom is -0.347 e. The van der Waals surface area contributed by atoms with Crippen LogP contribution in [0.2, 0.25) is 0 Å². The van der Waals surface area contributed by atoms with E-state index in [1.807, 2.05) is 36.7 Å². The van der Waals surface area contributed by atoms with Gasteiger partial charge in [0, 0.05) is 25.3 Å². The lowest BCUT2D eigenvalue weighted by Gasteiger charge is -2.15. The number of aromatic nitrogens is 1. The normalized spacial score (nSPS) is 12.5. The molecule has 4 nitrogen and oxygen atoms in total. The molecular formula is C11H19N3O. The number of hydrogen-bond donors (Lipinski definition) is 2.